The van der Waals surface area contributed by atoms with E-state index >= 15 is 0 Å². The van der Waals surface area contributed by atoms with Gasteiger partial charge in [0.2, 0.25) is 47.3 Å². The van der Waals surface area contributed by atoms with Crippen molar-refractivity contribution in [1.82, 2.24) is 41.3 Å². The Labute approximate surface area is 461 Å². The zero-order valence-electron chi connectivity index (χ0n) is 43.2. The van der Waals surface area contributed by atoms with Gasteiger partial charge in [0.05, 0.1) is 4.88 Å². The minimum atomic E-state index is -5.90. The van der Waals surface area contributed by atoms with Gasteiger partial charge in [-0.3, -0.25) is 57.8 Å². The van der Waals surface area contributed by atoms with Crippen molar-refractivity contribution in [3.8, 4) is 11.8 Å². The number of thiophene rings is 1. The van der Waals surface area contributed by atoms with E-state index in [1.165, 1.54) is 33.8 Å². The first kappa shape index (κ1) is 58.2. The number of primary amides is 1. The third-order valence-corrected chi connectivity index (χ3v) is 16.6. The molecule has 0 saturated carbocycles. The Hall–Kier alpha value is -7.91. The van der Waals surface area contributed by atoms with E-state index in [-0.39, 0.29) is 86.8 Å². The number of benzene rings is 3. The van der Waals surface area contributed by atoms with Gasteiger partial charge in [-0.2, -0.15) is 8.78 Å². The molecule has 4 aromatic rings. The number of imide groups is 1. The molecule has 0 radical (unpaired) electrons. The van der Waals surface area contributed by atoms with Crippen molar-refractivity contribution in [2.45, 2.75) is 120 Å². The van der Waals surface area contributed by atoms with Crippen LogP contribution < -0.4 is 32.3 Å². The highest BCUT2D eigenvalue weighted by atomic mass is 32.1. The number of fused-ring (bicyclic) bond motifs is 3. The normalized spacial score (nSPS) is 20.0. The number of unbranched alkanes of at least 4 members (excludes halogenated alkanes) is 2. The summed E-state index contributed by atoms with van der Waals surface area (Å²) in [6.07, 6.45) is 1.84. The molecule has 4 aliphatic rings. The van der Waals surface area contributed by atoms with Crippen molar-refractivity contribution in [3.63, 3.8) is 0 Å². The summed E-state index contributed by atoms with van der Waals surface area (Å²) in [5.41, 5.74) is 2.18. The fraction of sp³-hybridized carbons (Fsp3) is 0.407. The molecule has 8 rings (SSSR count). The molecule has 5 heterocycles. The molecule has 10 amide bonds. The van der Waals surface area contributed by atoms with Crippen LogP contribution in [0.1, 0.15) is 119 Å². The van der Waals surface area contributed by atoms with Gasteiger partial charge in [0.15, 0.2) is 0 Å². The first-order valence-corrected chi connectivity index (χ1v) is 28.3. The zero-order chi connectivity index (χ0) is 57.6. The van der Waals surface area contributed by atoms with Gasteiger partial charge in [0.25, 0.3) is 11.8 Å². The summed E-state index contributed by atoms with van der Waals surface area (Å²) < 4.78 is 41.0. The number of nitrogens with one attached hydrogen (secondary N) is 5. The molecule has 80 heavy (non-hydrogen) atoms. The highest BCUT2D eigenvalue weighted by Gasteiger charge is 2.51. The third-order valence-electron chi connectivity index (χ3n) is 14.5. The van der Waals surface area contributed by atoms with Crippen LogP contribution in [0.15, 0.2) is 72.8 Å². The summed E-state index contributed by atoms with van der Waals surface area (Å²) in [6.45, 7) is 1.48. The third kappa shape index (κ3) is 13.1. The molecule has 3 saturated heterocycles. The number of alkyl halides is 2. The number of hydrogen-bond acceptors (Lipinski definition) is 12. The predicted octanol–water partition coefficient (Wildman–Crippen LogP) is 2.55. The average Bonchev–Trinajstić information content (AvgIpc) is 4.19. The molecule has 0 bridgehead atoms. The van der Waals surface area contributed by atoms with Crippen LogP contribution in [0, 0.1) is 11.8 Å². The molecule has 0 spiro atoms. The van der Waals surface area contributed by atoms with Crippen molar-refractivity contribution in [3.05, 3.63) is 105 Å². The summed E-state index contributed by atoms with van der Waals surface area (Å²) in [5.74, 6) is 0.0692. The Bertz CT molecular complexity index is 3270. The molecule has 3 fully saturated rings. The topological polar surface area (TPSA) is 324 Å². The number of carbonyl (C=O) groups excluding carboxylic acids is 10. The lowest BCUT2D eigenvalue weighted by Crippen LogP contribution is -2.62. The van der Waals surface area contributed by atoms with Crippen molar-refractivity contribution in [2.24, 2.45) is 5.73 Å². The van der Waals surface area contributed by atoms with Gasteiger partial charge in [0.1, 0.15) is 30.2 Å². The van der Waals surface area contributed by atoms with Crippen LogP contribution in [0.2, 0.25) is 0 Å². The summed E-state index contributed by atoms with van der Waals surface area (Å²) in [5, 5.41) is 13.2. The van der Waals surface area contributed by atoms with Crippen LogP contribution in [0.4, 0.5) is 8.78 Å². The average molecular weight is 1140 g/mol. The maximum absolute atomic E-state index is 14.6. The van der Waals surface area contributed by atoms with Crippen LogP contribution in [0.5, 0.6) is 0 Å². The number of amides is 10. The van der Waals surface area contributed by atoms with E-state index in [9.17, 15) is 71.1 Å². The van der Waals surface area contributed by atoms with Gasteiger partial charge in [-0.15, -0.1) is 11.3 Å². The highest BCUT2D eigenvalue weighted by Crippen LogP contribution is 2.59. The molecule has 6 atom stereocenters. The number of piperidine rings is 1. The minimum absolute atomic E-state index is 0.0584. The summed E-state index contributed by atoms with van der Waals surface area (Å²) in [7, 11) is -5.90. The van der Waals surface area contributed by atoms with Gasteiger partial charge in [0, 0.05) is 79.8 Å². The predicted molar refractivity (Wildman–Crippen MR) is 283 cm³/mol. The second-order valence-corrected chi connectivity index (χ2v) is 22.7. The molecule has 3 unspecified atom stereocenters. The standard InChI is InChI=1S/C54H58F2N9O13PS/c1-30(66)63-25-23-35-16-18-41(65(35)53(75)39(29-63)60-50(72)43-27-33-26-34(15-20-42(33)80-43)54(55,56)79(76,77)78)49(71)59-38(17-21-44(57)67)47(69)62-46(32-11-6-4-7-12-32)51(73)58-24-8-3-2-5-10-31-13-9-14-36-37(31)28-64(52(36)74)40-19-22-45(68)61-48(40)70/h4,6-7,9,11-15,20,26-27,35,38-41,46H,2-3,8,16-19,21-25,28-29H2,1H3,(H2,57,67)(H,58,73)(H,59,71)(H,60,72)(H,62,69)(H,61,68,70)(H2,76,77,78)/t35-,38?,39+,40?,41+,46?/m1/s1. The maximum Gasteiger partial charge on any atom is 0.399 e. The van der Waals surface area contributed by atoms with E-state index in [0.29, 0.717) is 52.6 Å². The molecule has 3 aromatic carbocycles. The van der Waals surface area contributed by atoms with Crippen molar-refractivity contribution in [1.29, 1.82) is 0 Å². The van der Waals surface area contributed by atoms with Crippen LogP contribution in [0.3, 0.4) is 0 Å². The first-order chi connectivity index (χ1) is 38.0. The van der Waals surface area contributed by atoms with Crippen LogP contribution in [0.25, 0.3) is 10.1 Å². The lowest BCUT2D eigenvalue weighted by Gasteiger charge is -2.38. The number of carbonyl (C=O) groups is 10. The lowest BCUT2D eigenvalue weighted by molar-refractivity contribution is -0.145. The SMILES string of the molecule is CC(=O)N1CC[C@H]2CC[C@@H](C(=O)NC(CCC(N)=O)C(=O)NC(C(=O)NCCCCC#Cc3cccc4c3CN(C3CCC(=O)NC3=O)C4=O)c3ccccc3)N2C(=O)[C@@H](NC(=O)c2cc3cc(C(F)(F)P(=O)(O)O)ccc3s2)C1. The molecular formula is C54H58F2N9O13PS. The molecule has 26 heteroatoms. The van der Waals surface area contributed by atoms with Crippen molar-refractivity contribution >= 4 is 88.1 Å². The summed E-state index contributed by atoms with van der Waals surface area (Å²) >= 11 is 0.854. The minimum Gasteiger partial charge on any atom is -0.370 e. The van der Waals surface area contributed by atoms with E-state index < -0.39 is 102 Å². The van der Waals surface area contributed by atoms with Crippen LogP contribution in [-0.2, 0) is 55.1 Å². The number of hydrogen-bond donors (Lipinski definition) is 8. The Morgan fingerprint density at radius 2 is 1.69 bits per heavy atom. The van der Waals surface area contributed by atoms with Crippen molar-refractivity contribution in [2.75, 3.05) is 19.6 Å². The maximum atomic E-state index is 14.6. The molecule has 22 nitrogen and oxygen atoms in total. The molecular weight excluding hydrogens is 1080 g/mol. The Kier molecular flexibility index (Phi) is 17.9. The Morgan fingerprint density at radius 1 is 0.925 bits per heavy atom. The van der Waals surface area contributed by atoms with E-state index in [4.69, 9.17) is 5.73 Å². The summed E-state index contributed by atoms with van der Waals surface area (Å²) in [6, 6.07) is 10.8. The second-order valence-electron chi connectivity index (χ2n) is 19.9. The van der Waals surface area contributed by atoms with E-state index in [0.717, 1.165) is 23.5 Å². The van der Waals surface area contributed by atoms with Gasteiger partial charge in [-0.1, -0.05) is 54.3 Å². The second kappa shape index (κ2) is 24.6. The first-order valence-electron chi connectivity index (χ1n) is 25.9. The Balaban J connectivity index is 0.907. The smallest absolute Gasteiger partial charge is 0.370 e. The molecule has 9 N–H and O–H groups in total. The van der Waals surface area contributed by atoms with Crippen LogP contribution >= 0.6 is 18.9 Å². The quantitative estimate of drug-likeness (QED) is 0.0308. The molecule has 1 aromatic heterocycles. The highest BCUT2D eigenvalue weighted by molar-refractivity contribution is 7.52. The largest absolute Gasteiger partial charge is 0.399 e. The molecule has 422 valence electrons. The lowest BCUT2D eigenvalue weighted by atomic mass is 10.0. The number of halogens is 2. The summed E-state index contributed by atoms with van der Waals surface area (Å²) in [4.78, 5) is 156. The van der Waals surface area contributed by atoms with E-state index in [2.05, 4.69) is 38.4 Å². The van der Waals surface area contributed by atoms with Gasteiger partial charge >= 0.3 is 13.3 Å². The fourth-order valence-corrected chi connectivity index (χ4v) is 11.7. The number of rotatable bonds is 18. The zero-order valence-corrected chi connectivity index (χ0v) is 44.9. The Morgan fingerprint density at radius 3 is 2.40 bits per heavy atom. The van der Waals surface area contributed by atoms with Gasteiger partial charge in [-0.25, -0.2) is 0 Å². The molecule has 0 aliphatic carbocycles. The van der Waals surface area contributed by atoms with Gasteiger partial charge < -0.3 is 51.5 Å². The number of nitrogens with two attached hydrogens (primary N) is 1. The van der Waals surface area contributed by atoms with Crippen LogP contribution in [-0.4, -0.2) is 133 Å². The fourth-order valence-electron chi connectivity index (χ4n) is 10.3. The monoisotopic (exact) mass is 1140 g/mol. The van der Waals surface area contributed by atoms with Crippen molar-refractivity contribution < 1.29 is 71.1 Å². The number of nitrogens with zero attached hydrogens (tertiary/aromatic N) is 3. The van der Waals surface area contributed by atoms with E-state index in [1.54, 1.807) is 48.5 Å². The molecule has 4 aliphatic heterocycles. The van der Waals surface area contributed by atoms with Gasteiger partial charge in [-0.05, 0) is 91.8 Å². The van der Waals surface area contributed by atoms with E-state index in [1.807, 2.05) is 0 Å².